The van der Waals surface area contributed by atoms with Crippen LogP contribution in [0.1, 0.15) is 51.1 Å². The smallest absolute Gasteiger partial charge is 0.234 e. The van der Waals surface area contributed by atoms with Crippen molar-refractivity contribution >= 4 is 11.8 Å². The van der Waals surface area contributed by atoms with Gasteiger partial charge in [0.15, 0.2) is 0 Å². The molecule has 7 nitrogen and oxygen atoms in total. The number of nitrogens with zero attached hydrogens (tertiary/aromatic N) is 4. The van der Waals surface area contributed by atoms with Crippen molar-refractivity contribution in [1.29, 1.82) is 0 Å². The van der Waals surface area contributed by atoms with E-state index >= 15 is 0 Å². The molecule has 28 heavy (non-hydrogen) atoms. The summed E-state index contributed by atoms with van der Waals surface area (Å²) >= 11 is 0. The van der Waals surface area contributed by atoms with Crippen LogP contribution >= 0.6 is 0 Å². The van der Waals surface area contributed by atoms with E-state index in [1.807, 2.05) is 23.4 Å². The number of aromatic nitrogens is 2. The van der Waals surface area contributed by atoms with E-state index in [9.17, 15) is 9.59 Å². The monoisotopic (exact) mass is 391 g/mol. The van der Waals surface area contributed by atoms with Crippen molar-refractivity contribution in [3.63, 3.8) is 0 Å². The lowest BCUT2D eigenvalue weighted by molar-refractivity contribution is -0.132. The summed E-state index contributed by atoms with van der Waals surface area (Å²) in [5.74, 6) is 0.740. The minimum Gasteiger partial charge on any atom is -0.353 e. The first kappa shape index (κ1) is 22.4. The number of rotatable bonds is 8. The molecule has 1 unspecified atom stereocenters. The first-order chi connectivity index (χ1) is 13.2. The second-order valence-corrected chi connectivity index (χ2v) is 8.44. The maximum atomic E-state index is 12.8. The van der Waals surface area contributed by atoms with Gasteiger partial charge in [0.1, 0.15) is 0 Å². The molecule has 2 amide bonds. The van der Waals surface area contributed by atoms with Crippen molar-refractivity contribution < 1.29 is 9.59 Å². The van der Waals surface area contributed by atoms with Crippen molar-refractivity contribution in [3.8, 4) is 0 Å². The van der Waals surface area contributed by atoms with Crippen LogP contribution in [0, 0.1) is 19.8 Å². The number of piperazine rings is 1. The number of hydrogen-bond acceptors (Lipinski definition) is 4. The van der Waals surface area contributed by atoms with Crippen LogP contribution in [-0.4, -0.2) is 70.2 Å². The minimum atomic E-state index is 0.0675. The Morgan fingerprint density at radius 1 is 1.11 bits per heavy atom. The zero-order valence-electron chi connectivity index (χ0n) is 18.4. The minimum absolute atomic E-state index is 0.0675. The molecule has 158 valence electrons. The molecule has 0 aliphatic carbocycles. The fraction of sp³-hybridized carbons (Fsp3) is 0.762. The van der Waals surface area contributed by atoms with Crippen LogP contribution in [0.5, 0.6) is 0 Å². The topological polar surface area (TPSA) is 70.5 Å². The van der Waals surface area contributed by atoms with Crippen LogP contribution < -0.4 is 5.32 Å². The highest BCUT2D eigenvalue weighted by molar-refractivity contribution is 5.80. The molecule has 0 spiro atoms. The number of hydrogen-bond donors (Lipinski definition) is 1. The molecule has 0 bridgehead atoms. The molecule has 2 heterocycles. The summed E-state index contributed by atoms with van der Waals surface area (Å²) in [6, 6.07) is 0.207. The van der Waals surface area contributed by atoms with Crippen LogP contribution in [0.3, 0.4) is 0 Å². The number of nitrogens with one attached hydrogen (secondary N) is 1. The quantitative estimate of drug-likeness (QED) is 0.733. The van der Waals surface area contributed by atoms with E-state index in [2.05, 4.69) is 43.0 Å². The van der Waals surface area contributed by atoms with Gasteiger partial charge in [0, 0.05) is 50.0 Å². The van der Waals surface area contributed by atoms with E-state index in [1.165, 1.54) is 0 Å². The van der Waals surface area contributed by atoms with Gasteiger partial charge in [0.05, 0.1) is 18.7 Å². The highest BCUT2D eigenvalue weighted by Gasteiger charge is 2.24. The maximum Gasteiger partial charge on any atom is 0.234 e. The third-order valence-corrected chi connectivity index (χ3v) is 5.51. The van der Waals surface area contributed by atoms with Gasteiger partial charge < -0.3 is 10.2 Å². The summed E-state index contributed by atoms with van der Waals surface area (Å²) < 4.78 is 2.02. The van der Waals surface area contributed by atoms with Gasteiger partial charge in [-0.05, 0) is 33.1 Å². The van der Waals surface area contributed by atoms with Crippen LogP contribution in [-0.2, 0) is 22.6 Å². The van der Waals surface area contributed by atoms with Crippen LogP contribution in [0.25, 0.3) is 0 Å². The molecule has 0 radical (unpaired) electrons. The van der Waals surface area contributed by atoms with Gasteiger partial charge in [-0.3, -0.25) is 19.2 Å². The fourth-order valence-electron chi connectivity index (χ4n) is 3.56. The fourth-order valence-corrected chi connectivity index (χ4v) is 3.56. The molecule has 0 saturated carbocycles. The molecule has 2 rings (SSSR count). The van der Waals surface area contributed by atoms with E-state index in [4.69, 9.17) is 0 Å². The highest BCUT2D eigenvalue weighted by Crippen LogP contribution is 2.17. The Balaban J connectivity index is 1.86. The Bertz CT molecular complexity index is 675. The van der Waals surface area contributed by atoms with Gasteiger partial charge in [0.2, 0.25) is 11.8 Å². The van der Waals surface area contributed by atoms with Gasteiger partial charge in [-0.25, -0.2) is 0 Å². The molecule has 1 atom stereocenters. The van der Waals surface area contributed by atoms with Crippen molar-refractivity contribution in [2.75, 3.05) is 32.7 Å². The third kappa shape index (κ3) is 6.06. The zero-order valence-corrected chi connectivity index (χ0v) is 18.4. The average molecular weight is 392 g/mol. The SMILES string of the molecule is CCC(C)NC(=O)CN1CCN(C(=O)Cc2c(C)nn(CC(C)C)c2C)CC1. The first-order valence-electron chi connectivity index (χ1n) is 10.5. The molecule has 1 N–H and O–H groups in total. The molecular formula is C21H37N5O2. The molecule has 1 aromatic heterocycles. The lowest BCUT2D eigenvalue weighted by Crippen LogP contribution is -2.52. The molecular weight excluding hydrogens is 354 g/mol. The molecule has 0 aromatic carbocycles. The van der Waals surface area contributed by atoms with Crippen molar-refractivity contribution in [1.82, 2.24) is 24.9 Å². The van der Waals surface area contributed by atoms with Gasteiger partial charge in [-0.15, -0.1) is 0 Å². The summed E-state index contributed by atoms with van der Waals surface area (Å²) in [7, 11) is 0. The molecule has 1 aromatic rings. The predicted octanol–water partition coefficient (Wildman–Crippen LogP) is 1.76. The van der Waals surface area contributed by atoms with Gasteiger partial charge in [0.25, 0.3) is 0 Å². The van der Waals surface area contributed by atoms with Crippen LogP contribution in [0.2, 0.25) is 0 Å². The summed E-state index contributed by atoms with van der Waals surface area (Å²) in [6.07, 6.45) is 1.34. The molecule has 1 aliphatic heterocycles. The van der Waals surface area contributed by atoms with Gasteiger partial charge in [-0.2, -0.15) is 5.10 Å². The van der Waals surface area contributed by atoms with E-state index in [0.29, 0.717) is 32.0 Å². The number of aryl methyl sites for hydroxylation is 1. The maximum absolute atomic E-state index is 12.8. The van der Waals surface area contributed by atoms with Crippen LogP contribution in [0.4, 0.5) is 0 Å². The average Bonchev–Trinajstić information content (AvgIpc) is 2.88. The summed E-state index contributed by atoms with van der Waals surface area (Å²) in [5, 5.41) is 7.62. The Hall–Kier alpha value is -1.89. The summed E-state index contributed by atoms with van der Waals surface area (Å²) in [5.41, 5.74) is 3.10. The Labute approximate surface area is 169 Å². The molecule has 1 fully saturated rings. The van der Waals surface area contributed by atoms with Crippen molar-refractivity contribution in [3.05, 3.63) is 17.0 Å². The number of amides is 2. The molecule has 7 heteroatoms. The van der Waals surface area contributed by atoms with Crippen LogP contribution in [0.15, 0.2) is 0 Å². The molecule has 1 saturated heterocycles. The highest BCUT2D eigenvalue weighted by atomic mass is 16.2. The van der Waals surface area contributed by atoms with Gasteiger partial charge in [-0.1, -0.05) is 20.8 Å². The normalized spacial score (nSPS) is 16.5. The van der Waals surface area contributed by atoms with E-state index in [-0.39, 0.29) is 17.9 Å². The predicted molar refractivity (Wildman–Crippen MR) is 111 cm³/mol. The Morgan fingerprint density at radius 3 is 2.32 bits per heavy atom. The zero-order chi connectivity index (χ0) is 20.8. The Kier molecular flexibility index (Phi) is 8.04. The third-order valence-electron chi connectivity index (χ3n) is 5.51. The second kappa shape index (κ2) is 10.0. The van der Waals surface area contributed by atoms with E-state index in [1.54, 1.807) is 0 Å². The lowest BCUT2D eigenvalue weighted by Gasteiger charge is -2.34. The number of carbonyl (C=O) groups is 2. The van der Waals surface area contributed by atoms with Gasteiger partial charge >= 0.3 is 0 Å². The largest absolute Gasteiger partial charge is 0.353 e. The summed E-state index contributed by atoms with van der Waals surface area (Å²) in [4.78, 5) is 28.9. The van der Waals surface area contributed by atoms with E-state index in [0.717, 1.165) is 43.0 Å². The molecule has 1 aliphatic rings. The number of carbonyl (C=O) groups excluding carboxylic acids is 2. The van der Waals surface area contributed by atoms with Crippen molar-refractivity contribution in [2.45, 2.75) is 67.0 Å². The van der Waals surface area contributed by atoms with Crippen molar-refractivity contribution in [2.24, 2.45) is 5.92 Å². The first-order valence-corrected chi connectivity index (χ1v) is 10.5. The Morgan fingerprint density at radius 2 is 1.75 bits per heavy atom. The summed E-state index contributed by atoms with van der Waals surface area (Å²) in [6.45, 7) is 16.6. The second-order valence-electron chi connectivity index (χ2n) is 8.44. The van der Waals surface area contributed by atoms with E-state index < -0.39 is 0 Å². The standard InChI is InChI=1S/C21H37N5O2/c1-7-16(4)22-20(27)14-24-8-10-25(11-9-24)21(28)12-19-17(5)23-26(18(19)6)13-15(2)3/h15-16H,7-14H2,1-6H3,(H,22,27). The lowest BCUT2D eigenvalue weighted by atomic mass is 10.1.